The average molecular weight is 484 g/mol. The first-order valence-electron chi connectivity index (χ1n) is 10.4. The Morgan fingerprint density at radius 1 is 1.21 bits per heavy atom. The summed E-state index contributed by atoms with van der Waals surface area (Å²) in [5, 5.41) is 10.7. The van der Waals surface area contributed by atoms with E-state index in [0.29, 0.717) is 29.0 Å². The summed E-state index contributed by atoms with van der Waals surface area (Å²) in [5.41, 5.74) is 1.89. The van der Waals surface area contributed by atoms with Crippen LogP contribution in [0.15, 0.2) is 54.0 Å². The molecule has 1 aliphatic rings. The van der Waals surface area contributed by atoms with Crippen molar-refractivity contribution in [2.45, 2.75) is 19.6 Å². The van der Waals surface area contributed by atoms with Gasteiger partial charge in [0.15, 0.2) is 0 Å². The average Bonchev–Trinajstić information content (AvgIpc) is 3.46. The number of hydrogen-bond acceptors (Lipinski definition) is 6. The number of nitrogens with one attached hydrogen (secondary N) is 3. The SMILES string of the molecule is CC(=O)NCC1CN(c2ccc(-c3ccc(NC(=O)NCc4nccs4)cc3)c(F)c2)C(=O)O1. The first kappa shape index (κ1) is 23.2. The van der Waals surface area contributed by atoms with Crippen LogP contribution in [-0.2, 0) is 16.1 Å². The molecule has 1 fully saturated rings. The second-order valence-corrected chi connectivity index (χ2v) is 8.51. The fourth-order valence-corrected chi connectivity index (χ4v) is 3.96. The molecule has 2 aromatic carbocycles. The number of anilines is 2. The highest BCUT2D eigenvalue weighted by molar-refractivity contribution is 7.09. The molecule has 1 aliphatic heterocycles. The highest BCUT2D eigenvalue weighted by Crippen LogP contribution is 2.29. The molecule has 0 bridgehead atoms. The quantitative estimate of drug-likeness (QED) is 0.474. The van der Waals surface area contributed by atoms with Crippen molar-refractivity contribution in [3.05, 3.63) is 64.9 Å². The predicted octanol–water partition coefficient (Wildman–Crippen LogP) is 3.73. The van der Waals surface area contributed by atoms with Gasteiger partial charge in [0.05, 0.1) is 25.3 Å². The minimum atomic E-state index is -0.592. The van der Waals surface area contributed by atoms with Gasteiger partial charge in [-0.1, -0.05) is 12.1 Å². The van der Waals surface area contributed by atoms with Crippen molar-refractivity contribution in [1.82, 2.24) is 15.6 Å². The fourth-order valence-electron chi connectivity index (χ4n) is 3.41. The first-order chi connectivity index (χ1) is 16.4. The van der Waals surface area contributed by atoms with E-state index in [1.807, 2.05) is 5.38 Å². The lowest BCUT2D eigenvalue weighted by atomic mass is 10.0. The van der Waals surface area contributed by atoms with Gasteiger partial charge in [-0.05, 0) is 35.9 Å². The number of carbonyl (C=O) groups excluding carboxylic acids is 3. The third-order valence-electron chi connectivity index (χ3n) is 5.05. The molecule has 0 aliphatic carbocycles. The van der Waals surface area contributed by atoms with Crippen LogP contribution in [0.4, 0.5) is 25.4 Å². The van der Waals surface area contributed by atoms with Gasteiger partial charge in [0.2, 0.25) is 5.91 Å². The molecule has 4 rings (SSSR count). The van der Waals surface area contributed by atoms with E-state index in [1.165, 1.54) is 29.2 Å². The lowest BCUT2D eigenvalue weighted by Gasteiger charge is -2.15. The third kappa shape index (κ3) is 5.67. The number of ether oxygens (including phenoxy) is 1. The Labute approximate surface area is 198 Å². The summed E-state index contributed by atoms with van der Waals surface area (Å²) in [5.74, 6) is -0.722. The number of aromatic nitrogens is 1. The largest absolute Gasteiger partial charge is 0.442 e. The minimum absolute atomic E-state index is 0.196. The summed E-state index contributed by atoms with van der Waals surface area (Å²) in [7, 11) is 0. The van der Waals surface area contributed by atoms with Crippen molar-refractivity contribution >= 4 is 40.7 Å². The van der Waals surface area contributed by atoms with Crippen molar-refractivity contribution in [2.75, 3.05) is 23.3 Å². The maximum absolute atomic E-state index is 14.9. The number of carbonyl (C=O) groups is 3. The Balaban J connectivity index is 1.37. The maximum Gasteiger partial charge on any atom is 0.414 e. The zero-order valence-electron chi connectivity index (χ0n) is 18.2. The van der Waals surface area contributed by atoms with E-state index in [-0.39, 0.29) is 25.0 Å². The molecule has 34 heavy (non-hydrogen) atoms. The van der Waals surface area contributed by atoms with Crippen LogP contribution < -0.4 is 20.9 Å². The first-order valence-corrected chi connectivity index (χ1v) is 11.3. The molecule has 3 aromatic rings. The zero-order chi connectivity index (χ0) is 24.1. The van der Waals surface area contributed by atoms with E-state index in [1.54, 1.807) is 42.6 Å². The third-order valence-corrected chi connectivity index (χ3v) is 5.83. The smallest absolute Gasteiger partial charge is 0.414 e. The molecule has 1 aromatic heterocycles. The summed E-state index contributed by atoms with van der Waals surface area (Å²) in [6.45, 7) is 2.12. The van der Waals surface area contributed by atoms with Crippen LogP contribution in [0, 0.1) is 5.82 Å². The standard InChI is InChI=1S/C23H22FN5O4S/c1-14(30)26-11-18-13-29(23(32)33-18)17-6-7-19(20(24)10-17)15-2-4-16(5-3-15)28-22(31)27-12-21-25-8-9-34-21/h2-10,18H,11-13H2,1H3,(H,26,30)(H2,27,28,31). The fraction of sp³-hybridized carbons (Fsp3) is 0.217. The summed E-state index contributed by atoms with van der Waals surface area (Å²) in [4.78, 5) is 40.7. The molecular formula is C23H22FN5O4S. The molecule has 1 atom stereocenters. The van der Waals surface area contributed by atoms with E-state index in [0.717, 1.165) is 5.01 Å². The molecule has 11 heteroatoms. The molecular weight excluding hydrogens is 461 g/mol. The summed E-state index contributed by atoms with van der Waals surface area (Å²) in [6, 6.07) is 10.9. The van der Waals surface area contributed by atoms with E-state index >= 15 is 0 Å². The van der Waals surface area contributed by atoms with Crippen molar-refractivity contribution < 1.29 is 23.5 Å². The number of thiazole rings is 1. The summed E-state index contributed by atoms with van der Waals surface area (Å²) < 4.78 is 20.1. The van der Waals surface area contributed by atoms with E-state index < -0.39 is 18.0 Å². The second-order valence-electron chi connectivity index (χ2n) is 7.53. The normalized spacial score (nSPS) is 15.1. The van der Waals surface area contributed by atoms with Gasteiger partial charge in [-0.15, -0.1) is 11.3 Å². The van der Waals surface area contributed by atoms with Gasteiger partial charge in [0, 0.05) is 29.8 Å². The van der Waals surface area contributed by atoms with Crippen LogP contribution in [0.3, 0.4) is 0 Å². The Bertz CT molecular complexity index is 1190. The maximum atomic E-state index is 14.9. The lowest BCUT2D eigenvalue weighted by molar-refractivity contribution is -0.119. The molecule has 1 saturated heterocycles. The van der Waals surface area contributed by atoms with Gasteiger partial charge in [0.25, 0.3) is 0 Å². The molecule has 0 spiro atoms. The number of nitrogens with zero attached hydrogens (tertiary/aromatic N) is 2. The molecule has 0 saturated carbocycles. The number of halogens is 1. The number of cyclic esters (lactones) is 1. The van der Waals surface area contributed by atoms with Crippen LogP contribution >= 0.6 is 11.3 Å². The van der Waals surface area contributed by atoms with Crippen LogP contribution in [0.5, 0.6) is 0 Å². The molecule has 176 valence electrons. The number of amides is 4. The van der Waals surface area contributed by atoms with Gasteiger partial charge >= 0.3 is 12.1 Å². The van der Waals surface area contributed by atoms with E-state index in [2.05, 4.69) is 20.9 Å². The summed E-state index contributed by atoms with van der Waals surface area (Å²) >= 11 is 1.45. The monoisotopic (exact) mass is 483 g/mol. The highest BCUT2D eigenvalue weighted by atomic mass is 32.1. The van der Waals surface area contributed by atoms with Crippen molar-refractivity contribution in [3.63, 3.8) is 0 Å². The molecule has 3 N–H and O–H groups in total. The van der Waals surface area contributed by atoms with Gasteiger partial charge < -0.3 is 20.7 Å². The highest BCUT2D eigenvalue weighted by Gasteiger charge is 2.32. The van der Waals surface area contributed by atoms with Gasteiger partial charge in [-0.25, -0.2) is 19.0 Å². The van der Waals surface area contributed by atoms with E-state index in [9.17, 15) is 18.8 Å². The van der Waals surface area contributed by atoms with Gasteiger partial charge in [0.1, 0.15) is 16.9 Å². The Hall–Kier alpha value is -3.99. The second kappa shape index (κ2) is 10.3. The topological polar surface area (TPSA) is 113 Å². The van der Waals surface area contributed by atoms with Gasteiger partial charge in [-0.2, -0.15) is 0 Å². The van der Waals surface area contributed by atoms with Crippen molar-refractivity contribution in [1.29, 1.82) is 0 Å². The Kier molecular flexibility index (Phi) is 7.02. The molecule has 4 amide bonds. The number of rotatable bonds is 7. The van der Waals surface area contributed by atoms with Crippen molar-refractivity contribution in [2.24, 2.45) is 0 Å². The zero-order valence-corrected chi connectivity index (χ0v) is 19.0. The van der Waals surface area contributed by atoms with E-state index in [4.69, 9.17) is 4.74 Å². The number of urea groups is 1. The van der Waals surface area contributed by atoms with Crippen LogP contribution in [0.25, 0.3) is 11.1 Å². The Morgan fingerprint density at radius 3 is 2.68 bits per heavy atom. The molecule has 1 unspecified atom stereocenters. The minimum Gasteiger partial charge on any atom is -0.442 e. The molecule has 2 heterocycles. The molecule has 9 nitrogen and oxygen atoms in total. The van der Waals surface area contributed by atoms with Crippen LogP contribution in [0.2, 0.25) is 0 Å². The van der Waals surface area contributed by atoms with Crippen molar-refractivity contribution in [3.8, 4) is 11.1 Å². The van der Waals surface area contributed by atoms with Gasteiger partial charge in [-0.3, -0.25) is 9.69 Å². The number of hydrogen-bond donors (Lipinski definition) is 3. The van der Waals surface area contributed by atoms with Crippen LogP contribution in [-0.4, -0.2) is 42.2 Å². The predicted molar refractivity (Wildman–Crippen MR) is 126 cm³/mol. The summed E-state index contributed by atoms with van der Waals surface area (Å²) in [6.07, 6.45) is 0.579. The Morgan fingerprint density at radius 2 is 2.00 bits per heavy atom. The lowest BCUT2D eigenvalue weighted by Crippen LogP contribution is -2.33. The molecule has 0 radical (unpaired) electrons. The number of benzene rings is 2. The van der Waals surface area contributed by atoms with Crippen LogP contribution in [0.1, 0.15) is 11.9 Å².